The Morgan fingerprint density at radius 1 is 1.13 bits per heavy atom. The molecular weight excluding hydrogens is 428 g/mol. The summed E-state index contributed by atoms with van der Waals surface area (Å²) in [5.74, 6) is 0.323. The first-order valence-electron chi connectivity index (χ1n) is 9.11. The van der Waals surface area contributed by atoms with Crippen LogP contribution in [-0.2, 0) is 14.3 Å². The summed E-state index contributed by atoms with van der Waals surface area (Å²) >= 11 is 7.15. The van der Waals surface area contributed by atoms with Crippen molar-refractivity contribution in [3.63, 3.8) is 0 Å². The molecule has 0 bridgehead atoms. The van der Waals surface area contributed by atoms with Gasteiger partial charge in [0.1, 0.15) is 23.3 Å². The topological polar surface area (TPSA) is 85.3 Å². The van der Waals surface area contributed by atoms with Crippen LogP contribution in [0.5, 0.6) is 0 Å². The van der Waals surface area contributed by atoms with Gasteiger partial charge in [0.05, 0.1) is 18.3 Å². The lowest BCUT2D eigenvalue weighted by atomic mass is 10.1. The molecule has 0 saturated carbocycles. The van der Waals surface area contributed by atoms with E-state index in [2.05, 4.69) is 5.10 Å². The Balaban J connectivity index is 1.36. The van der Waals surface area contributed by atoms with Gasteiger partial charge >= 0.3 is 5.97 Å². The number of nitrogens with zero attached hydrogens (tertiary/aromatic N) is 2. The molecule has 0 fully saturated rings. The Kier molecular flexibility index (Phi) is 6.25. The van der Waals surface area contributed by atoms with Crippen LogP contribution >= 0.6 is 23.4 Å². The number of furan rings is 2. The van der Waals surface area contributed by atoms with E-state index in [9.17, 15) is 9.59 Å². The van der Waals surface area contributed by atoms with Crippen molar-refractivity contribution in [2.24, 2.45) is 5.10 Å². The van der Waals surface area contributed by atoms with Crippen molar-refractivity contribution in [1.82, 2.24) is 5.01 Å². The smallest absolute Gasteiger partial charge is 0.316 e. The predicted molar refractivity (Wildman–Crippen MR) is 111 cm³/mol. The average Bonchev–Trinajstić information content (AvgIpc) is 3.51. The molecule has 0 radical (unpaired) electrons. The summed E-state index contributed by atoms with van der Waals surface area (Å²) in [7, 11) is 0. The highest BCUT2D eigenvalue weighted by molar-refractivity contribution is 8.00. The van der Waals surface area contributed by atoms with E-state index in [-0.39, 0.29) is 5.75 Å². The van der Waals surface area contributed by atoms with Gasteiger partial charge in [-0.15, -0.1) is 11.8 Å². The first kappa shape index (κ1) is 20.3. The van der Waals surface area contributed by atoms with E-state index < -0.39 is 24.5 Å². The fraction of sp³-hybridized carbons (Fsp3) is 0.190. The third-order valence-electron chi connectivity index (χ3n) is 4.37. The molecule has 1 atom stereocenters. The highest BCUT2D eigenvalue weighted by atomic mass is 35.5. The zero-order chi connectivity index (χ0) is 20.9. The molecule has 9 heteroatoms. The second-order valence-corrected chi connectivity index (χ2v) is 7.89. The Labute approximate surface area is 181 Å². The molecule has 1 unspecified atom stereocenters. The molecule has 0 spiro atoms. The monoisotopic (exact) mass is 444 g/mol. The molecule has 7 nitrogen and oxygen atoms in total. The molecule has 1 amide bonds. The number of ether oxygens (including phenoxy) is 1. The minimum Gasteiger partial charge on any atom is -0.467 e. The maximum absolute atomic E-state index is 12.7. The lowest BCUT2D eigenvalue weighted by Crippen LogP contribution is -2.31. The zero-order valence-electron chi connectivity index (χ0n) is 15.7. The van der Waals surface area contributed by atoms with Crippen LogP contribution in [0.25, 0.3) is 0 Å². The molecule has 1 aliphatic rings. The van der Waals surface area contributed by atoms with Crippen LogP contribution in [0.3, 0.4) is 0 Å². The van der Waals surface area contributed by atoms with Gasteiger partial charge in [-0.1, -0.05) is 11.6 Å². The maximum atomic E-state index is 12.7. The van der Waals surface area contributed by atoms with Crippen molar-refractivity contribution in [2.45, 2.75) is 17.4 Å². The van der Waals surface area contributed by atoms with Crippen LogP contribution in [0.1, 0.15) is 24.0 Å². The summed E-state index contributed by atoms with van der Waals surface area (Å²) in [5, 5.41) is 6.30. The average molecular weight is 445 g/mol. The van der Waals surface area contributed by atoms with Crippen molar-refractivity contribution >= 4 is 41.0 Å². The summed E-state index contributed by atoms with van der Waals surface area (Å²) in [6.07, 6.45) is 3.52. The molecule has 154 valence electrons. The molecule has 3 heterocycles. The first-order chi connectivity index (χ1) is 14.6. The number of carbonyl (C=O) groups excluding carboxylic acids is 2. The molecule has 0 N–H and O–H groups in total. The number of hydrazone groups is 1. The van der Waals surface area contributed by atoms with Gasteiger partial charge in [0.15, 0.2) is 6.61 Å². The van der Waals surface area contributed by atoms with Crippen LogP contribution in [0, 0.1) is 0 Å². The zero-order valence-corrected chi connectivity index (χ0v) is 17.3. The summed E-state index contributed by atoms with van der Waals surface area (Å²) < 4.78 is 16.0. The molecule has 4 rings (SSSR count). The minimum atomic E-state index is -0.493. The third kappa shape index (κ3) is 4.77. The Bertz CT molecular complexity index is 1030. The number of hydrogen-bond donors (Lipinski definition) is 0. The van der Waals surface area contributed by atoms with Gasteiger partial charge < -0.3 is 13.6 Å². The lowest BCUT2D eigenvalue weighted by molar-refractivity contribution is -0.150. The molecule has 2 aromatic heterocycles. The van der Waals surface area contributed by atoms with Gasteiger partial charge in [0.2, 0.25) is 0 Å². The molecular formula is C21H17ClN2O5S. The van der Waals surface area contributed by atoms with Crippen LogP contribution in [0.2, 0.25) is 5.02 Å². The summed E-state index contributed by atoms with van der Waals surface area (Å²) in [6.45, 7) is -0.411. The second kappa shape index (κ2) is 9.23. The summed E-state index contributed by atoms with van der Waals surface area (Å²) in [4.78, 5) is 25.7. The highest BCUT2D eigenvalue weighted by Gasteiger charge is 2.36. The van der Waals surface area contributed by atoms with E-state index in [0.29, 0.717) is 28.7 Å². The number of rotatable bonds is 7. The fourth-order valence-corrected chi connectivity index (χ4v) is 3.78. The minimum absolute atomic E-state index is 0.0808. The number of amides is 1. The number of halogens is 1. The molecule has 1 aliphatic heterocycles. The van der Waals surface area contributed by atoms with E-state index in [4.69, 9.17) is 25.2 Å². The first-order valence-corrected chi connectivity index (χ1v) is 10.5. The number of benzene rings is 1. The Hall–Kier alpha value is -2.97. The van der Waals surface area contributed by atoms with E-state index in [1.807, 2.05) is 12.1 Å². The highest BCUT2D eigenvalue weighted by Crippen LogP contribution is 2.33. The Morgan fingerprint density at radius 2 is 1.90 bits per heavy atom. The van der Waals surface area contributed by atoms with Gasteiger partial charge in [0, 0.05) is 16.3 Å². The van der Waals surface area contributed by atoms with Gasteiger partial charge in [-0.2, -0.15) is 5.10 Å². The summed E-state index contributed by atoms with van der Waals surface area (Å²) in [5.41, 5.74) is 0.624. The van der Waals surface area contributed by atoms with Crippen LogP contribution in [0.15, 0.2) is 79.9 Å². The van der Waals surface area contributed by atoms with Crippen molar-refractivity contribution in [3.8, 4) is 0 Å². The van der Waals surface area contributed by atoms with Crippen molar-refractivity contribution in [3.05, 3.63) is 77.6 Å². The van der Waals surface area contributed by atoms with E-state index in [0.717, 1.165) is 4.90 Å². The molecule has 0 aliphatic carbocycles. The normalized spacial score (nSPS) is 15.8. The predicted octanol–water partition coefficient (Wildman–Crippen LogP) is 4.54. The van der Waals surface area contributed by atoms with E-state index >= 15 is 0 Å². The van der Waals surface area contributed by atoms with E-state index in [1.165, 1.54) is 23.0 Å². The third-order valence-corrected chi connectivity index (χ3v) is 5.61. The van der Waals surface area contributed by atoms with Crippen molar-refractivity contribution in [1.29, 1.82) is 0 Å². The number of thioether (sulfide) groups is 1. The van der Waals surface area contributed by atoms with Crippen LogP contribution in [-0.4, -0.2) is 35.0 Å². The molecule has 3 aromatic rings. The lowest BCUT2D eigenvalue weighted by Gasteiger charge is -2.19. The summed E-state index contributed by atoms with van der Waals surface area (Å²) in [6, 6.07) is 13.8. The van der Waals surface area contributed by atoms with Gasteiger partial charge in [-0.05, 0) is 48.5 Å². The van der Waals surface area contributed by atoms with Gasteiger partial charge in [-0.25, -0.2) is 5.01 Å². The molecule has 30 heavy (non-hydrogen) atoms. The maximum Gasteiger partial charge on any atom is 0.316 e. The fourth-order valence-electron chi connectivity index (χ4n) is 2.96. The standard InChI is InChI=1S/C21H17ClN2O5S/c22-14-5-7-15(8-6-14)30-13-21(26)29-12-20(25)24-17(19-4-2-10-28-19)11-16(23-24)18-3-1-9-27-18/h1-10,17H,11-13H2. The largest absolute Gasteiger partial charge is 0.467 e. The molecule has 1 aromatic carbocycles. The quantitative estimate of drug-likeness (QED) is 0.393. The molecule has 0 saturated heterocycles. The van der Waals surface area contributed by atoms with Crippen LogP contribution < -0.4 is 0 Å². The Morgan fingerprint density at radius 3 is 2.60 bits per heavy atom. The SMILES string of the molecule is O=C(CSc1ccc(Cl)cc1)OCC(=O)N1N=C(c2ccco2)CC1c1ccco1. The van der Waals surface area contributed by atoms with Crippen LogP contribution in [0.4, 0.5) is 0 Å². The second-order valence-electron chi connectivity index (χ2n) is 6.40. The van der Waals surface area contributed by atoms with Gasteiger partial charge in [-0.3, -0.25) is 9.59 Å². The van der Waals surface area contributed by atoms with Crippen molar-refractivity contribution in [2.75, 3.05) is 12.4 Å². The number of carbonyl (C=O) groups is 2. The van der Waals surface area contributed by atoms with Gasteiger partial charge in [0.25, 0.3) is 5.91 Å². The van der Waals surface area contributed by atoms with E-state index in [1.54, 1.807) is 42.7 Å². The van der Waals surface area contributed by atoms with Crippen molar-refractivity contribution < 1.29 is 23.2 Å². The number of esters is 1. The number of hydrogen-bond acceptors (Lipinski definition) is 7.